The van der Waals surface area contributed by atoms with Crippen molar-refractivity contribution in [3.63, 3.8) is 0 Å². The van der Waals surface area contributed by atoms with Gasteiger partial charge in [-0.15, -0.1) is 11.8 Å². The Kier molecular flexibility index (Phi) is 6.01. The number of carbonyl (C=O) groups excluding carboxylic acids is 1. The van der Waals surface area contributed by atoms with Gasteiger partial charge in [0.2, 0.25) is 0 Å². The maximum atomic E-state index is 13.0. The number of carbonyl (C=O) groups is 1. The molecule has 0 spiro atoms. The minimum atomic E-state index is -0.112. The third-order valence-corrected chi connectivity index (χ3v) is 7.33. The van der Waals surface area contributed by atoms with Crippen LogP contribution in [0.1, 0.15) is 28.8 Å². The molecule has 0 atom stereocenters. The van der Waals surface area contributed by atoms with Crippen LogP contribution in [0.5, 0.6) is 5.75 Å². The number of hydrogen-bond donors (Lipinski definition) is 3. The molecule has 0 bridgehead atoms. The molecule has 33 heavy (non-hydrogen) atoms. The molecule has 1 heterocycles. The number of nitrogens with one attached hydrogen (secondary N) is 2. The minimum absolute atomic E-state index is 0.112. The van der Waals surface area contributed by atoms with Crippen molar-refractivity contribution in [3.05, 3.63) is 78.0 Å². The van der Waals surface area contributed by atoms with Gasteiger partial charge in [0.1, 0.15) is 5.75 Å². The first-order valence-corrected chi connectivity index (χ1v) is 12.1. The predicted molar refractivity (Wildman–Crippen MR) is 136 cm³/mol. The number of fused-ring (bicyclic) bond motifs is 1. The molecule has 4 N–H and O–H groups in total. The molecule has 1 aliphatic carbocycles. The zero-order valence-corrected chi connectivity index (χ0v) is 19.4. The average Bonchev–Trinajstić information content (AvgIpc) is 3.58. The molecule has 1 amide bonds. The van der Waals surface area contributed by atoms with Crippen LogP contribution in [0.15, 0.2) is 71.8 Å². The number of aromatic nitrogens is 1. The summed E-state index contributed by atoms with van der Waals surface area (Å²) in [5.41, 5.74) is 11.8. The van der Waals surface area contributed by atoms with E-state index in [0.717, 1.165) is 55.6 Å². The van der Waals surface area contributed by atoms with Crippen molar-refractivity contribution in [1.82, 2.24) is 10.3 Å². The van der Waals surface area contributed by atoms with Crippen LogP contribution in [0, 0.1) is 5.92 Å². The van der Waals surface area contributed by atoms with Gasteiger partial charge in [-0.25, -0.2) is 0 Å². The number of H-pyrrole nitrogens is 1. The van der Waals surface area contributed by atoms with E-state index in [0.29, 0.717) is 12.1 Å². The lowest BCUT2D eigenvalue weighted by Crippen LogP contribution is -2.22. The topological polar surface area (TPSA) is 80.1 Å². The highest BCUT2D eigenvalue weighted by Gasteiger charge is 2.21. The normalized spacial score (nSPS) is 13.2. The van der Waals surface area contributed by atoms with Crippen LogP contribution < -0.4 is 15.8 Å². The van der Waals surface area contributed by atoms with Crippen LogP contribution in [0.3, 0.4) is 0 Å². The summed E-state index contributed by atoms with van der Waals surface area (Å²) in [4.78, 5) is 17.3. The molecule has 6 heteroatoms. The van der Waals surface area contributed by atoms with Crippen LogP contribution in [0.4, 0.5) is 5.69 Å². The minimum Gasteiger partial charge on any atom is -0.497 e. The van der Waals surface area contributed by atoms with E-state index in [2.05, 4.69) is 28.5 Å². The van der Waals surface area contributed by atoms with E-state index in [1.54, 1.807) is 13.3 Å². The highest BCUT2D eigenvalue weighted by molar-refractivity contribution is 7.99. The van der Waals surface area contributed by atoms with E-state index < -0.39 is 0 Å². The lowest BCUT2D eigenvalue weighted by Gasteiger charge is -2.10. The van der Waals surface area contributed by atoms with Crippen LogP contribution in [-0.4, -0.2) is 23.8 Å². The SMILES string of the molecule is COc1cccc(CNC(=O)c2c[nH]c3ccc(-c4ccc(N)c(SCC5CC5)c4)cc23)c1. The molecule has 0 radical (unpaired) electrons. The number of benzene rings is 3. The molecule has 1 aliphatic rings. The van der Waals surface area contributed by atoms with Crippen molar-refractivity contribution >= 4 is 34.3 Å². The Morgan fingerprint density at radius 3 is 2.76 bits per heavy atom. The molecule has 1 aromatic heterocycles. The van der Waals surface area contributed by atoms with Crippen molar-refractivity contribution in [2.24, 2.45) is 5.92 Å². The van der Waals surface area contributed by atoms with E-state index in [4.69, 9.17) is 10.5 Å². The number of hydrogen-bond acceptors (Lipinski definition) is 4. The maximum Gasteiger partial charge on any atom is 0.253 e. The quantitative estimate of drug-likeness (QED) is 0.229. The van der Waals surface area contributed by atoms with E-state index in [1.807, 2.05) is 54.2 Å². The van der Waals surface area contributed by atoms with Crippen molar-refractivity contribution in [1.29, 1.82) is 0 Å². The summed E-state index contributed by atoms with van der Waals surface area (Å²) in [5, 5.41) is 3.92. The predicted octanol–water partition coefficient (Wildman–Crippen LogP) is 5.86. The Morgan fingerprint density at radius 2 is 1.94 bits per heavy atom. The van der Waals surface area contributed by atoms with Gasteiger partial charge in [-0.2, -0.15) is 0 Å². The number of amides is 1. The van der Waals surface area contributed by atoms with Gasteiger partial charge >= 0.3 is 0 Å². The first kappa shape index (κ1) is 21.5. The summed E-state index contributed by atoms with van der Waals surface area (Å²) in [5.74, 6) is 2.63. The number of ether oxygens (including phenoxy) is 1. The van der Waals surface area contributed by atoms with Gasteiger partial charge in [-0.1, -0.05) is 24.3 Å². The molecule has 3 aromatic carbocycles. The van der Waals surface area contributed by atoms with Gasteiger partial charge in [0.15, 0.2) is 0 Å². The smallest absolute Gasteiger partial charge is 0.253 e. The molecule has 5 rings (SSSR count). The molecule has 0 aliphatic heterocycles. The summed E-state index contributed by atoms with van der Waals surface area (Å²) in [6.45, 7) is 0.432. The van der Waals surface area contributed by atoms with Crippen molar-refractivity contribution in [2.75, 3.05) is 18.6 Å². The second-order valence-corrected chi connectivity index (χ2v) is 9.57. The van der Waals surface area contributed by atoms with E-state index in [1.165, 1.54) is 12.8 Å². The second kappa shape index (κ2) is 9.24. The van der Waals surface area contributed by atoms with Gasteiger partial charge < -0.3 is 20.8 Å². The first-order valence-electron chi connectivity index (χ1n) is 11.2. The lowest BCUT2D eigenvalue weighted by molar-refractivity contribution is 0.0952. The number of nitrogen functional groups attached to an aromatic ring is 1. The molecule has 168 valence electrons. The van der Waals surface area contributed by atoms with E-state index >= 15 is 0 Å². The van der Waals surface area contributed by atoms with Crippen molar-refractivity contribution in [2.45, 2.75) is 24.3 Å². The Labute approximate surface area is 197 Å². The van der Waals surface area contributed by atoms with Gasteiger partial charge in [0.25, 0.3) is 5.91 Å². The largest absolute Gasteiger partial charge is 0.497 e. The summed E-state index contributed by atoms with van der Waals surface area (Å²) in [6, 6.07) is 20.1. The van der Waals surface area contributed by atoms with E-state index in [-0.39, 0.29) is 5.91 Å². The summed E-state index contributed by atoms with van der Waals surface area (Å²) < 4.78 is 5.27. The maximum absolute atomic E-state index is 13.0. The molecular formula is C27H27N3O2S. The van der Waals surface area contributed by atoms with Crippen LogP contribution >= 0.6 is 11.8 Å². The lowest BCUT2D eigenvalue weighted by atomic mass is 10.0. The zero-order chi connectivity index (χ0) is 22.8. The number of aromatic amines is 1. The van der Waals surface area contributed by atoms with Crippen LogP contribution in [0.2, 0.25) is 0 Å². The average molecular weight is 458 g/mol. The third kappa shape index (κ3) is 4.86. The van der Waals surface area contributed by atoms with Gasteiger partial charge in [-0.05, 0) is 71.8 Å². The number of nitrogens with two attached hydrogens (primary N) is 1. The highest BCUT2D eigenvalue weighted by atomic mass is 32.2. The Hall–Kier alpha value is -3.38. The number of anilines is 1. The van der Waals surface area contributed by atoms with Crippen LogP contribution in [-0.2, 0) is 6.54 Å². The first-order chi connectivity index (χ1) is 16.1. The van der Waals surface area contributed by atoms with Gasteiger partial charge in [0, 0.05) is 40.0 Å². The highest BCUT2D eigenvalue weighted by Crippen LogP contribution is 2.38. The summed E-state index contributed by atoms with van der Waals surface area (Å²) in [6.07, 6.45) is 4.44. The molecule has 1 saturated carbocycles. The number of methoxy groups -OCH3 is 1. The fourth-order valence-corrected chi connectivity index (χ4v) is 5.07. The molecular weight excluding hydrogens is 430 g/mol. The molecule has 1 fully saturated rings. The summed E-state index contributed by atoms with van der Waals surface area (Å²) in [7, 11) is 1.64. The fraction of sp³-hybridized carbons (Fsp3) is 0.222. The van der Waals surface area contributed by atoms with E-state index in [9.17, 15) is 4.79 Å². The Bertz CT molecular complexity index is 1310. The Balaban J connectivity index is 1.37. The third-order valence-electron chi connectivity index (χ3n) is 6.03. The summed E-state index contributed by atoms with van der Waals surface area (Å²) >= 11 is 1.84. The molecule has 0 unspecified atom stereocenters. The number of rotatable bonds is 8. The number of thioether (sulfide) groups is 1. The monoisotopic (exact) mass is 457 g/mol. The molecule has 4 aromatic rings. The van der Waals surface area contributed by atoms with Crippen molar-refractivity contribution < 1.29 is 9.53 Å². The van der Waals surface area contributed by atoms with Gasteiger partial charge in [-0.3, -0.25) is 4.79 Å². The van der Waals surface area contributed by atoms with Crippen LogP contribution in [0.25, 0.3) is 22.0 Å². The van der Waals surface area contributed by atoms with Gasteiger partial charge in [0.05, 0.1) is 12.7 Å². The standard InChI is InChI=1S/C27H27N3O2S/c1-32-21-4-2-3-18(11-21)14-30-27(31)23-15-29-25-10-8-19(12-22(23)25)20-7-9-24(28)26(13-20)33-16-17-5-6-17/h2-4,7-13,15,17,29H,5-6,14,16,28H2,1H3,(H,30,31). The second-order valence-electron chi connectivity index (χ2n) is 8.50. The molecule has 5 nitrogen and oxygen atoms in total. The van der Waals surface area contributed by atoms with Crippen molar-refractivity contribution in [3.8, 4) is 16.9 Å². The molecule has 0 saturated heterocycles. The zero-order valence-electron chi connectivity index (χ0n) is 18.6. The Morgan fingerprint density at radius 1 is 1.12 bits per heavy atom. The fourth-order valence-electron chi connectivity index (χ4n) is 3.88.